The first-order valence-electron chi connectivity index (χ1n) is 6.98. The van der Waals surface area contributed by atoms with Crippen molar-refractivity contribution in [1.82, 2.24) is 0 Å². The van der Waals surface area contributed by atoms with Crippen molar-refractivity contribution in [3.63, 3.8) is 0 Å². The van der Waals surface area contributed by atoms with Crippen LogP contribution in [0, 0.1) is 0 Å². The van der Waals surface area contributed by atoms with Gasteiger partial charge in [-0.15, -0.1) is 0 Å². The first kappa shape index (κ1) is 16.8. The molecule has 0 aromatic heterocycles. The summed E-state index contributed by atoms with van der Waals surface area (Å²) in [6.07, 6.45) is 0.0905. The molecule has 0 bridgehead atoms. The molecule has 0 atom stereocenters. The first-order chi connectivity index (χ1) is 11.0. The number of methoxy groups -OCH3 is 1. The van der Waals surface area contributed by atoms with Gasteiger partial charge in [0, 0.05) is 28.9 Å². The molecule has 0 radical (unpaired) electrons. The number of hydrogen-bond acceptors (Lipinski definition) is 3. The van der Waals surface area contributed by atoms with Crippen LogP contribution in [0.3, 0.4) is 0 Å². The van der Waals surface area contributed by atoms with E-state index in [0.29, 0.717) is 27.7 Å². The molecular formula is C17H17ClN2O3. The van der Waals surface area contributed by atoms with Gasteiger partial charge in [-0.25, -0.2) is 0 Å². The third-order valence-corrected chi connectivity index (χ3v) is 3.45. The zero-order valence-corrected chi connectivity index (χ0v) is 13.6. The minimum atomic E-state index is -0.226. The topological polar surface area (TPSA) is 67.4 Å². The normalized spacial score (nSPS) is 10.0. The van der Waals surface area contributed by atoms with E-state index in [0.717, 1.165) is 0 Å². The molecule has 2 rings (SSSR count). The SMILES string of the molecule is COc1cccc(Cl)c1CC(=O)Nc1cccc(NC(C)=O)c1. The second kappa shape index (κ2) is 7.65. The zero-order valence-electron chi connectivity index (χ0n) is 12.9. The maximum Gasteiger partial charge on any atom is 0.228 e. The van der Waals surface area contributed by atoms with Gasteiger partial charge in [0.05, 0.1) is 13.5 Å². The molecule has 120 valence electrons. The summed E-state index contributed by atoms with van der Waals surface area (Å²) in [6, 6.07) is 12.1. The van der Waals surface area contributed by atoms with Gasteiger partial charge in [0.15, 0.2) is 0 Å². The molecule has 6 heteroatoms. The van der Waals surface area contributed by atoms with Crippen molar-refractivity contribution in [3.8, 4) is 5.75 Å². The molecule has 0 spiro atoms. The van der Waals surface area contributed by atoms with Crippen molar-refractivity contribution in [2.75, 3.05) is 17.7 Å². The van der Waals surface area contributed by atoms with Gasteiger partial charge in [0.2, 0.25) is 11.8 Å². The van der Waals surface area contributed by atoms with E-state index in [9.17, 15) is 9.59 Å². The fourth-order valence-corrected chi connectivity index (χ4v) is 2.38. The second-order valence-corrected chi connectivity index (χ2v) is 5.31. The Bertz CT molecular complexity index is 732. The highest BCUT2D eigenvalue weighted by Gasteiger charge is 2.12. The molecule has 0 aliphatic heterocycles. The third-order valence-electron chi connectivity index (χ3n) is 3.10. The zero-order chi connectivity index (χ0) is 16.8. The van der Waals surface area contributed by atoms with Crippen LogP contribution in [0.15, 0.2) is 42.5 Å². The molecule has 2 amide bonds. The van der Waals surface area contributed by atoms with Crippen LogP contribution >= 0.6 is 11.6 Å². The van der Waals surface area contributed by atoms with Gasteiger partial charge < -0.3 is 15.4 Å². The summed E-state index contributed by atoms with van der Waals surface area (Å²) in [5.74, 6) is 0.172. The standard InChI is InChI=1S/C17H17ClN2O3/c1-11(21)19-12-5-3-6-13(9-12)20-17(22)10-14-15(18)7-4-8-16(14)23-2/h3-9H,10H2,1-2H3,(H,19,21)(H,20,22). The van der Waals surface area contributed by atoms with Crippen LogP contribution in [-0.2, 0) is 16.0 Å². The quantitative estimate of drug-likeness (QED) is 0.880. The average Bonchev–Trinajstić information content (AvgIpc) is 2.49. The molecule has 0 aliphatic carbocycles. The number of carbonyl (C=O) groups is 2. The number of amides is 2. The van der Waals surface area contributed by atoms with Crippen molar-refractivity contribution in [2.24, 2.45) is 0 Å². The number of benzene rings is 2. The fraction of sp³-hybridized carbons (Fsp3) is 0.176. The molecule has 2 aromatic rings. The summed E-state index contributed by atoms with van der Waals surface area (Å²) in [7, 11) is 1.53. The maximum atomic E-state index is 12.2. The second-order valence-electron chi connectivity index (χ2n) is 4.91. The fourth-order valence-electron chi connectivity index (χ4n) is 2.15. The molecule has 0 aliphatic rings. The Morgan fingerprint density at radius 2 is 1.74 bits per heavy atom. The summed E-state index contributed by atoms with van der Waals surface area (Å²) in [4.78, 5) is 23.3. The Labute approximate surface area is 139 Å². The summed E-state index contributed by atoms with van der Waals surface area (Å²) in [5.41, 5.74) is 1.84. The molecule has 0 saturated carbocycles. The van der Waals surface area contributed by atoms with Gasteiger partial charge in [0.1, 0.15) is 5.75 Å². The minimum absolute atomic E-state index is 0.0905. The molecular weight excluding hydrogens is 316 g/mol. The van der Waals surface area contributed by atoms with Crippen LogP contribution in [-0.4, -0.2) is 18.9 Å². The average molecular weight is 333 g/mol. The van der Waals surface area contributed by atoms with Gasteiger partial charge in [0.25, 0.3) is 0 Å². The lowest BCUT2D eigenvalue weighted by molar-refractivity contribution is -0.116. The van der Waals surface area contributed by atoms with Crippen LogP contribution in [0.2, 0.25) is 5.02 Å². The van der Waals surface area contributed by atoms with Crippen molar-refractivity contribution in [1.29, 1.82) is 0 Å². The van der Waals surface area contributed by atoms with Crippen molar-refractivity contribution in [2.45, 2.75) is 13.3 Å². The maximum absolute atomic E-state index is 12.2. The van der Waals surface area contributed by atoms with Crippen molar-refractivity contribution < 1.29 is 14.3 Å². The van der Waals surface area contributed by atoms with Crippen LogP contribution < -0.4 is 15.4 Å². The number of carbonyl (C=O) groups excluding carboxylic acids is 2. The Morgan fingerprint density at radius 1 is 1.09 bits per heavy atom. The Hall–Kier alpha value is -2.53. The Kier molecular flexibility index (Phi) is 5.60. The molecule has 0 unspecified atom stereocenters. The van der Waals surface area contributed by atoms with E-state index in [1.165, 1.54) is 14.0 Å². The van der Waals surface area contributed by atoms with Crippen LogP contribution in [0.1, 0.15) is 12.5 Å². The number of rotatable bonds is 5. The highest BCUT2D eigenvalue weighted by molar-refractivity contribution is 6.31. The Morgan fingerprint density at radius 3 is 2.39 bits per heavy atom. The van der Waals surface area contributed by atoms with Crippen molar-refractivity contribution in [3.05, 3.63) is 53.1 Å². The van der Waals surface area contributed by atoms with Gasteiger partial charge in [-0.3, -0.25) is 9.59 Å². The Balaban J connectivity index is 2.10. The number of anilines is 2. The summed E-state index contributed by atoms with van der Waals surface area (Å²) in [6.45, 7) is 1.43. The van der Waals surface area contributed by atoms with E-state index in [2.05, 4.69) is 10.6 Å². The summed E-state index contributed by atoms with van der Waals surface area (Å²) in [5, 5.41) is 5.92. The molecule has 2 N–H and O–H groups in total. The number of hydrogen-bond donors (Lipinski definition) is 2. The highest BCUT2D eigenvalue weighted by Crippen LogP contribution is 2.27. The lowest BCUT2D eigenvalue weighted by atomic mass is 10.1. The molecule has 2 aromatic carbocycles. The predicted molar refractivity (Wildman–Crippen MR) is 91.1 cm³/mol. The molecule has 0 heterocycles. The van der Waals surface area contributed by atoms with Gasteiger partial charge in [-0.05, 0) is 30.3 Å². The minimum Gasteiger partial charge on any atom is -0.496 e. The lowest BCUT2D eigenvalue weighted by Gasteiger charge is -2.11. The first-order valence-corrected chi connectivity index (χ1v) is 7.36. The smallest absolute Gasteiger partial charge is 0.228 e. The highest BCUT2D eigenvalue weighted by atomic mass is 35.5. The summed E-state index contributed by atoms with van der Waals surface area (Å²) < 4.78 is 5.23. The van der Waals surface area contributed by atoms with E-state index in [4.69, 9.17) is 16.3 Å². The molecule has 5 nitrogen and oxygen atoms in total. The monoisotopic (exact) mass is 332 g/mol. The van der Waals surface area contributed by atoms with Gasteiger partial charge in [-0.1, -0.05) is 23.7 Å². The number of halogens is 1. The van der Waals surface area contributed by atoms with E-state index >= 15 is 0 Å². The van der Waals surface area contributed by atoms with Gasteiger partial charge in [-0.2, -0.15) is 0 Å². The largest absolute Gasteiger partial charge is 0.496 e. The van der Waals surface area contributed by atoms with E-state index in [1.54, 1.807) is 42.5 Å². The molecule has 0 saturated heterocycles. The van der Waals surface area contributed by atoms with Crippen LogP contribution in [0.4, 0.5) is 11.4 Å². The predicted octanol–water partition coefficient (Wildman–Crippen LogP) is 3.49. The van der Waals surface area contributed by atoms with Crippen LogP contribution in [0.5, 0.6) is 5.75 Å². The van der Waals surface area contributed by atoms with E-state index in [-0.39, 0.29) is 18.2 Å². The molecule has 0 fully saturated rings. The lowest BCUT2D eigenvalue weighted by Crippen LogP contribution is -2.15. The van der Waals surface area contributed by atoms with E-state index < -0.39 is 0 Å². The summed E-state index contributed by atoms with van der Waals surface area (Å²) >= 11 is 6.13. The molecule has 23 heavy (non-hydrogen) atoms. The van der Waals surface area contributed by atoms with Gasteiger partial charge >= 0.3 is 0 Å². The van der Waals surface area contributed by atoms with Crippen LogP contribution in [0.25, 0.3) is 0 Å². The van der Waals surface area contributed by atoms with Crippen molar-refractivity contribution >= 4 is 34.8 Å². The van der Waals surface area contributed by atoms with E-state index in [1.807, 2.05) is 0 Å². The number of ether oxygens (including phenoxy) is 1. The number of nitrogens with one attached hydrogen (secondary N) is 2. The third kappa shape index (κ3) is 4.72.